The molecular formula is C14H15Cl2NO3. The Morgan fingerprint density at radius 2 is 2.00 bits per heavy atom. The molecule has 2 unspecified atom stereocenters. The van der Waals surface area contributed by atoms with Crippen molar-refractivity contribution in [1.82, 2.24) is 4.90 Å². The van der Waals surface area contributed by atoms with Gasteiger partial charge in [0.2, 0.25) is 0 Å². The summed E-state index contributed by atoms with van der Waals surface area (Å²) in [4.78, 5) is 25.2. The van der Waals surface area contributed by atoms with Crippen LogP contribution in [0.1, 0.15) is 23.7 Å². The normalized spacial score (nSPS) is 22.6. The molecule has 1 amide bonds. The average Bonchev–Trinajstić information content (AvgIpc) is 2.40. The van der Waals surface area contributed by atoms with Gasteiger partial charge < -0.3 is 10.0 Å². The number of piperidine rings is 1. The maximum atomic E-state index is 12.5. The molecule has 1 heterocycles. The van der Waals surface area contributed by atoms with E-state index in [0.29, 0.717) is 28.6 Å². The summed E-state index contributed by atoms with van der Waals surface area (Å²) in [5, 5.41) is 9.89. The first-order chi connectivity index (χ1) is 9.38. The van der Waals surface area contributed by atoms with E-state index in [1.807, 2.05) is 6.92 Å². The number of benzene rings is 1. The van der Waals surface area contributed by atoms with Crippen molar-refractivity contribution in [2.75, 3.05) is 13.1 Å². The molecule has 0 bridgehead atoms. The zero-order chi connectivity index (χ0) is 14.9. The highest BCUT2D eigenvalue weighted by atomic mass is 35.5. The molecule has 1 aromatic carbocycles. The first-order valence-corrected chi connectivity index (χ1v) is 7.11. The molecule has 108 valence electrons. The SMILES string of the molecule is CC1CC(C(=O)O)CN(C(=O)c2cc(Cl)ccc2Cl)C1. The molecule has 0 spiro atoms. The minimum atomic E-state index is -0.869. The lowest BCUT2D eigenvalue weighted by molar-refractivity contribution is -0.143. The summed E-state index contributed by atoms with van der Waals surface area (Å²) in [6, 6.07) is 4.69. The lowest BCUT2D eigenvalue weighted by Crippen LogP contribution is -2.45. The van der Waals surface area contributed by atoms with Gasteiger partial charge in [-0.1, -0.05) is 30.1 Å². The minimum Gasteiger partial charge on any atom is -0.481 e. The third-order valence-electron chi connectivity index (χ3n) is 3.45. The maximum Gasteiger partial charge on any atom is 0.308 e. The number of nitrogens with zero attached hydrogens (tertiary/aromatic N) is 1. The molecule has 0 saturated carbocycles. The van der Waals surface area contributed by atoms with Crippen LogP contribution in [0.25, 0.3) is 0 Å². The zero-order valence-corrected chi connectivity index (χ0v) is 12.5. The van der Waals surface area contributed by atoms with E-state index in [1.54, 1.807) is 17.0 Å². The van der Waals surface area contributed by atoms with Crippen LogP contribution in [-0.4, -0.2) is 35.0 Å². The number of carbonyl (C=O) groups is 2. The largest absolute Gasteiger partial charge is 0.481 e. The van der Waals surface area contributed by atoms with Gasteiger partial charge in [-0.2, -0.15) is 0 Å². The van der Waals surface area contributed by atoms with E-state index >= 15 is 0 Å². The Bertz CT molecular complexity index is 547. The Balaban J connectivity index is 2.23. The highest BCUT2D eigenvalue weighted by Gasteiger charge is 2.32. The average molecular weight is 316 g/mol. The topological polar surface area (TPSA) is 57.6 Å². The summed E-state index contributed by atoms with van der Waals surface area (Å²) in [5.41, 5.74) is 0.317. The smallest absolute Gasteiger partial charge is 0.308 e. The van der Waals surface area contributed by atoms with Crippen LogP contribution in [0.4, 0.5) is 0 Å². The summed E-state index contributed by atoms with van der Waals surface area (Å²) in [7, 11) is 0. The third kappa shape index (κ3) is 3.25. The van der Waals surface area contributed by atoms with Crippen molar-refractivity contribution in [3.05, 3.63) is 33.8 Å². The van der Waals surface area contributed by atoms with Crippen LogP contribution in [0.5, 0.6) is 0 Å². The van der Waals surface area contributed by atoms with E-state index in [2.05, 4.69) is 0 Å². The number of hydrogen-bond donors (Lipinski definition) is 1. The van der Waals surface area contributed by atoms with Gasteiger partial charge in [-0.05, 0) is 30.5 Å². The van der Waals surface area contributed by atoms with Crippen LogP contribution in [0, 0.1) is 11.8 Å². The van der Waals surface area contributed by atoms with E-state index in [-0.39, 0.29) is 18.4 Å². The van der Waals surface area contributed by atoms with Gasteiger partial charge in [0.15, 0.2) is 0 Å². The fraction of sp³-hybridized carbons (Fsp3) is 0.429. The van der Waals surface area contributed by atoms with Crippen molar-refractivity contribution < 1.29 is 14.7 Å². The van der Waals surface area contributed by atoms with Crippen LogP contribution in [0.2, 0.25) is 10.0 Å². The number of amides is 1. The van der Waals surface area contributed by atoms with E-state index in [9.17, 15) is 9.59 Å². The van der Waals surface area contributed by atoms with Gasteiger partial charge in [-0.25, -0.2) is 0 Å². The molecule has 20 heavy (non-hydrogen) atoms. The first kappa shape index (κ1) is 15.1. The fourth-order valence-corrected chi connectivity index (χ4v) is 2.90. The van der Waals surface area contributed by atoms with Crippen molar-refractivity contribution in [3.8, 4) is 0 Å². The fourth-order valence-electron chi connectivity index (χ4n) is 2.53. The summed E-state index contributed by atoms with van der Waals surface area (Å²) in [5.74, 6) is -1.52. The summed E-state index contributed by atoms with van der Waals surface area (Å²) < 4.78 is 0. The van der Waals surface area contributed by atoms with Crippen molar-refractivity contribution in [2.24, 2.45) is 11.8 Å². The van der Waals surface area contributed by atoms with Crippen LogP contribution >= 0.6 is 23.2 Å². The molecule has 1 N–H and O–H groups in total. The Kier molecular flexibility index (Phi) is 4.55. The monoisotopic (exact) mass is 315 g/mol. The molecule has 6 heteroatoms. The van der Waals surface area contributed by atoms with Gasteiger partial charge in [0.25, 0.3) is 5.91 Å². The van der Waals surface area contributed by atoms with Crippen LogP contribution in [0.15, 0.2) is 18.2 Å². The maximum absolute atomic E-state index is 12.5. The minimum absolute atomic E-state index is 0.145. The first-order valence-electron chi connectivity index (χ1n) is 6.35. The number of carboxylic acids is 1. The molecule has 1 saturated heterocycles. The van der Waals surface area contributed by atoms with Crippen LogP contribution in [0.3, 0.4) is 0 Å². The van der Waals surface area contributed by atoms with Crippen molar-refractivity contribution in [1.29, 1.82) is 0 Å². The van der Waals surface area contributed by atoms with Crippen LogP contribution < -0.4 is 0 Å². The second-order valence-corrected chi connectivity index (χ2v) is 6.05. The summed E-state index contributed by atoms with van der Waals surface area (Å²) in [6.45, 7) is 2.68. The van der Waals surface area contributed by atoms with Gasteiger partial charge in [-0.3, -0.25) is 9.59 Å². The molecule has 0 radical (unpaired) electrons. The van der Waals surface area contributed by atoms with Gasteiger partial charge in [-0.15, -0.1) is 0 Å². The second-order valence-electron chi connectivity index (χ2n) is 5.21. The standard InChI is InChI=1S/C14H15Cl2NO3/c1-8-4-9(14(19)20)7-17(6-8)13(18)11-5-10(15)2-3-12(11)16/h2-3,5,8-9H,4,6-7H2,1H3,(H,19,20). The molecule has 1 aliphatic rings. The number of halogens is 2. The number of hydrogen-bond acceptors (Lipinski definition) is 2. The van der Waals surface area contributed by atoms with Gasteiger partial charge in [0.1, 0.15) is 0 Å². The van der Waals surface area contributed by atoms with Gasteiger partial charge in [0, 0.05) is 18.1 Å². The molecule has 1 fully saturated rings. The molecule has 1 aromatic rings. The van der Waals surface area contributed by atoms with Gasteiger partial charge in [0.05, 0.1) is 16.5 Å². The lowest BCUT2D eigenvalue weighted by Gasteiger charge is -2.34. The van der Waals surface area contributed by atoms with E-state index in [4.69, 9.17) is 28.3 Å². The molecule has 1 aliphatic heterocycles. The summed E-state index contributed by atoms with van der Waals surface area (Å²) >= 11 is 11.9. The van der Waals surface area contributed by atoms with Crippen LogP contribution in [-0.2, 0) is 4.79 Å². The number of likely N-dealkylation sites (tertiary alicyclic amines) is 1. The Labute approximate surface area is 127 Å². The predicted molar refractivity (Wildman–Crippen MR) is 77.3 cm³/mol. The van der Waals surface area contributed by atoms with Crippen molar-refractivity contribution in [2.45, 2.75) is 13.3 Å². The number of rotatable bonds is 2. The number of carbonyl (C=O) groups excluding carboxylic acids is 1. The van der Waals surface area contributed by atoms with E-state index < -0.39 is 11.9 Å². The lowest BCUT2D eigenvalue weighted by atomic mass is 9.90. The Hall–Kier alpha value is -1.26. The highest BCUT2D eigenvalue weighted by molar-refractivity contribution is 6.35. The number of carboxylic acid groups (broad SMARTS) is 1. The molecule has 2 atom stereocenters. The van der Waals surface area contributed by atoms with Crippen molar-refractivity contribution in [3.63, 3.8) is 0 Å². The molecular weight excluding hydrogens is 301 g/mol. The second kappa shape index (κ2) is 6.02. The summed E-state index contributed by atoms with van der Waals surface area (Å²) in [6.07, 6.45) is 0.586. The highest BCUT2D eigenvalue weighted by Crippen LogP contribution is 2.27. The van der Waals surface area contributed by atoms with Crippen molar-refractivity contribution >= 4 is 35.1 Å². The van der Waals surface area contributed by atoms with E-state index in [1.165, 1.54) is 6.07 Å². The molecule has 0 aliphatic carbocycles. The quantitative estimate of drug-likeness (QED) is 0.912. The van der Waals surface area contributed by atoms with E-state index in [0.717, 1.165) is 0 Å². The Morgan fingerprint density at radius 3 is 2.65 bits per heavy atom. The zero-order valence-electron chi connectivity index (χ0n) is 11.0. The number of aliphatic carboxylic acids is 1. The molecule has 4 nitrogen and oxygen atoms in total. The molecule has 0 aromatic heterocycles. The molecule has 2 rings (SSSR count). The third-order valence-corrected chi connectivity index (χ3v) is 4.02. The predicted octanol–water partition coefficient (Wildman–Crippen LogP) is 3.18. The Morgan fingerprint density at radius 1 is 1.30 bits per heavy atom. The van der Waals surface area contributed by atoms with Gasteiger partial charge >= 0.3 is 5.97 Å².